The maximum Gasteiger partial charge on any atom is 0.274 e. The Hall–Kier alpha value is -2.53. The maximum absolute atomic E-state index is 12.0. The second-order valence-corrected chi connectivity index (χ2v) is 5.25. The molecule has 0 fully saturated rings. The van der Waals surface area contributed by atoms with Gasteiger partial charge in [-0.05, 0) is 18.1 Å². The lowest BCUT2D eigenvalue weighted by Crippen LogP contribution is -2.11. The van der Waals surface area contributed by atoms with Crippen LogP contribution >= 0.6 is 11.6 Å². The van der Waals surface area contributed by atoms with E-state index >= 15 is 0 Å². The number of halogens is 1. The number of nitrogens with one attached hydrogen (secondary N) is 2. The molecule has 22 heavy (non-hydrogen) atoms. The zero-order valence-electron chi connectivity index (χ0n) is 11.9. The number of nitrogens with zero attached hydrogens (tertiary/aromatic N) is 1. The van der Waals surface area contributed by atoms with Crippen LogP contribution in [-0.2, 0) is 6.42 Å². The van der Waals surface area contributed by atoms with Gasteiger partial charge in [-0.15, -0.1) is 0 Å². The third-order valence-electron chi connectivity index (χ3n) is 3.30. The van der Waals surface area contributed by atoms with Crippen LogP contribution in [0.1, 0.15) is 23.0 Å². The lowest BCUT2D eigenvalue weighted by Gasteiger charge is -1.98. The summed E-state index contributed by atoms with van der Waals surface area (Å²) in [6.45, 7) is 2.10. The van der Waals surface area contributed by atoms with Crippen molar-refractivity contribution in [2.24, 2.45) is 0 Å². The van der Waals surface area contributed by atoms with Crippen molar-refractivity contribution in [1.29, 1.82) is 0 Å². The fourth-order valence-electron chi connectivity index (χ4n) is 2.06. The van der Waals surface area contributed by atoms with E-state index in [-0.39, 0.29) is 11.8 Å². The molecule has 0 spiro atoms. The molecule has 0 aliphatic rings. The van der Waals surface area contributed by atoms with E-state index in [1.165, 1.54) is 17.8 Å². The van der Waals surface area contributed by atoms with Crippen LogP contribution in [0.5, 0.6) is 0 Å². The molecule has 0 radical (unpaired) electrons. The Morgan fingerprint density at radius 1 is 1.32 bits per heavy atom. The summed E-state index contributed by atoms with van der Waals surface area (Å²) in [6, 6.07) is 11.3. The van der Waals surface area contributed by atoms with Crippen molar-refractivity contribution in [1.82, 2.24) is 10.1 Å². The van der Waals surface area contributed by atoms with E-state index in [1.54, 1.807) is 6.07 Å². The van der Waals surface area contributed by atoms with E-state index in [0.717, 1.165) is 12.0 Å². The second-order valence-electron chi connectivity index (χ2n) is 4.81. The number of anilines is 1. The molecule has 2 aromatic heterocycles. The first-order chi connectivity index (χ1) is 10.7. The number of aryl methyl sites for hydroxylation is 1. The molecule has 3 aromatic rings. The van der Waals surface area contributed by atoms with Crippen molar-refractivity contribution in [3.63, 3.8) is 0 Å². The summed E-state index contributed by atoms with van der Waals surface area (Å²) in [5.41, 5.74) is 3.21. The van der Waals surface area contributed by atoms with Crippen LogP contribution in [-0.4, -0.2) is 16.0 Å². The number of amides is 1. The number of hydrogen-bond donors (Lipinski definition) is 2. The van der Waals surface area contributed by atoms with Gasteiger partial charge in [0.2, 0.25) is 5.88 Å². The Bertz CT molecular complexity index is 790. The number of benzene rings is 1. The van der Waals surface area contributed by atoms with Gasteiger partial charge in [0, 0.05) is 17.8 Å². The van der Waals surface area contributed by atoms with Crippen LogP contribution in [0, 0.1) is 0 Å². The standard InChI is InChI=1S/C16H14ClN3O2/c1-2-10-3-5-11(6-4-10)13-8-15(22-20-13)19-16(21)14-7-12(17)9-18-14/h3-9,18H,2H2,1H3,(H,19,21). The van der Waals surface area contributed by atoms with Crippen molar-refractivity contribution in [2.75, 3.05) is 5.32 Å². The summed E-state index contributed by atoms with van der Waals surface area (Å²) in [7, 11) is 0. The van der Waals surface area contributed by atoms with Crippen molar-refractivity contribution in [2.45, 2.75) is 13.3 Å². The third-order valence-corrected chi connectivity index (χ3v) is 3.52. The first-order valence-corrected chi connectivity index (χ1v) is 7.25. The molecule has 0 aliphatic heterocycles. The summed E-state index contributed by atoms with van der Waals surface area (Å²) in [5, 5.41) is 7.07. The number of aromatic amines is 1. The van der Waals surface area contributed by atoms with Gasteiger partial charge in [0.1, 0.15) is 11.4 Å². The van der Waals surface area contributed by atoms with E-state index < -0.39 is 0 Å². The third kappa shape index (κ3) is 3.04. The molecular formula is C16H14ClN3O2. The van der Waals surface area contributed by atoms with Crippen molar-refractivity contribution >= 4 is 23.4 Å². The van der Waals surface area contributed by atoms with E-state index in [9.17, 15) is 4.79 Å². The monoisotopic (exact) mass is 315 g/mol. The number of carbonyl (C=O) groups is 1. The van der Waals surface area contributed by atoms with Gasteiger partial charge in [-0.3, -0.25) is 10.1 Å². The molecule has 0 atom stereocenters. The fraction of sp³-hybridized carbons (Fsp3) is 0.125. The molecule has 112 valence electrons. The van der Waals surface area contributed by atoms with Gasteiger partial charge in [-0.1, -0.05) is 47.9 Å². The highest BCUT2D eigenvalue weighted by Gasteiger charge is 2.12. The smallest absolute Gasteiger partial charge is 0.274 e. The minimum Gasteiger partial charge on any atom is -0.356 e. The van der Waals surface area contributed by atoms with Crippen LogP contribution < -0.4 is 5.32 Å². The van der Waals surface area contributed by atoms with Crippen LogP contribution in [0.15, 0.2) is 47.1 Å². The molecule has 2 heterocycles. The fourth-order valence-corrected chi connectivity index (χ4v) is 2.22. The normalized spacial score (nSPS) is 10.6. The van der Waals surface area contributed by atoms with Gasteiger partial charge >= 0.3 is 0 Å². The number of hydrogen-bond acceptors (Lipinski definition) is 3. The van der Waals surface area contributed by atoms with E-state index in [4.69, 9.17) is 16.1 Å². The highest BCUT2D eigenvalue weighted by atomic mass is 35.5. The van der Waals surface area contributed by atoms with Gasteiger partial charge in [0.05, 0.1) is 5.02 Å². The zero-order chi connectivity index (χ0) is 15.5. The van der Waals surface area contributed by atoms with Crippen LogP contribution in [0.4, 0.5) is 5.88 Å². The highest BCUT2D eigenvalue weighted by Crippen LogP contribution is 2.22. The Morgan fingerprint density at radius 2 is 2.09 bits per heavy atom. The van der Waals surface area contributed by atoms with Gasteiger partial charge < -0.3 is 9.51 Å². The van der Waals surface area contributed by atoms with Crippen LogP contribution in [0.2, 0.25) is 5.02 Å². The van der Waals surface area contributed by atoms with E-state index in [1.807, 2.05) is 24.3 Å². The molecule has 6 heteroatoms. The van der Waals surface area contributed by atoms with Gasteiger partial charge in [-0.25, -0.2) is 0 Å². The molecule has 3 rings (SSSR count). The summed E-state index contributed by atoms with van der Waals surface area (Å²) < 4.78 is 5.15. The molecular weight excluding hydrogens is 302 g/mol. The predicted octanol–water partition coefficient (Wildman–Crippen LogP) is 4.14. The second kappa shape index (κ2) is 6.07. The van der Waals surface area contributed by atoms with Crippen LogP contribution in [0.3, 0.4) is 0 Å². The van der Waals surface area contributed by atoms with Crippen molar-refractivity contribution in [3.05, 3.63) is 58.9 Å². The molecule has 0 bridgehead atoms. The zero-order valence-corrected chi connectivity index (χ0v) is 12.6. The summed E-state index contributed by atoms with van der Waals surface area (Å²) >= 11 is 5.77. The Kier molecular flexibility index (Phi) is 3.98. The first-order valence-electron chi connectivity index (χ1n) is 6.87. The van der Waals surface area contributed by atoms with Gasteiger partial charge in [0.25, 0.3) is 5.91 Å². The minimum absolute atomic E-state index is 0.283. The van der Waals surface area contributed by atoms with E-state index in [2.05, 4.69) is 22.4 Å². The molecule has 0 aliphatic carbocycles. The topological polar surface area (TPSA) is 70.9 Å². The van der Waals surface area contributed by atoms with Gasteiger partial charge in [-0.2, -0.15) is 0 Å². The Balaban J connectivity index is 1.74. The highest BCUT2D eigenvalue weighted by molar-refractivity contribution is 6.31. The van der Waals surface area contributed by atoms with E-state index in [0.29, 0.717) is 16.4 Å². The number of H-pyrrole nitrogens is 1. The lowest BCUT2D eigenvalue weighted by molar-refractivity contribution is 0.101. The molecule has 1 amide bonds. The minimum atomic E-state index is -0.337. The molecule has 0 saturated heterocycles. The van der Waals surface area contributed by atoms with Crippen LogP contribution in [0.25, 0.3) is 11.3 Å². The molecule has 1 aromatic carbocycles. The molecule has 2 N–H and O–H groups in total. The molecule has 5 nitrogen and oxygen atoms in total. The largest absolute Gasteiger partial charge is 0.356 e. The quantitative estimate of drug-likeness (QED) is 0.760. The maximum atomic E-state index is 12.0. The van der Waals surface area contributed by atoms with Gasteiger partial charge in [0.15, 0.2) is 0 Å². The Morgan fingerprint density at radius 3 is 2.73 bits per heavy atom. The molecule has 0 unspecified atom stereocenters. The number of rotatable bonds is 4. The average molecular weight is 316 g/mol. The lowest BCUT2D eigenvalue weighted by atomic mass is 10.1. The summed E-state index contributed by atoms with van der Waals surface area (Å²) in [6.07, 6.45) is 2.52. The van der Waals surface area contributed by atoms with Crippen molar-refractivity contribution in [3.8, 4) is 11.3 Å². The first kappa shape index (κ1) is 14.4. The molecule has 0 saturated carbocycles. The SMILES string of the molecule is CCc1ccc(-c2cc(NC(=O)c3cc(Cl)c[nH]3)on2)cc1. The number of carbonyl (C=O) groups excluding carboxylic acids is 1. The summed E-state index contributed by atoms with van der Waals surface area (Å²) in [5.74, 6) is -0.0544. The number of aromatic nitrogens is 2. The van der Waals surface area contributed by atoms with Crippen molar-refractivity contribution < 1.29 is 9.32 Å². The summed E-state index contributed by atoms with van der Waals surface area (Å²) in [4.78, 5) is 14.7. The average Bonchev–Trinajstić information content (AvgIpc) is 3.16. The predicted molar refractivity (Wildman–Crippen MR) is 85.1 cm³/mol. The Labute approximate surface area is 132 Å².